The molecule has 1 saturated carbocycles. The van der Waals surface area contributed by atoms with Crippen LogP contribution in [0.25, 0.3) is 0 Å². The van der Waals surface area contributed by atoms with E-state index in [4.69, 9.17) is 10.3 Å². The van der Waals surface area contributed by atoms with E-state index in [1.165, 1.54) is 5.56 Å². The first kappa shape index (κ1) is 11.4. The minimum Gasteiger partial charge on any atom is -0.382 e. The predicted molar refractivity (Wildman–Crippen MR) is 64.8 cm³/mol. The summed E-state index contributed by atoms with van der Waals surface area (Å²) in [5, 5.41) is 13.6. The third-order valence-corrected chi connectivity index (χ3v) is 3.45. The monoisotopic (exact) mass is 245 g/mol. The number of nitrogens with two attached hydrogens (primary N) is 1. The first-order chi connectivity index (χ1) is 8.76. The van der Waals surface area contributed by atoms with Crippen LogP contribution in [0.4, 0.5) is 0 Å². The van der Waals surface area contributed by atoms with Gasteiger partial charge in [-0.2, -0.15) is 4.98 Å². The maximum absolute atomic E-state index is 9.58. The number of hydrogen-bond acceptors (Lipinski definition) is 5. The third kappa shape index (κ3) is 1.72. The Morgan fingerprint density at radius 1 is 1.33 bits per heavy atom. The molecule has 0 amide bonds. The molecule has 1 aromatic carbocycles. The number of aliphatic hydroxyl groups is 1. The molecule has 18 heavy (non-hydrogen) atoms. The molecule has 0 aliphatic heterocycles. The summed E-state index contributed by atoms with van der Waals surface area (Å²) < 4.78 is 5.07. The number of rotatable bonds is 4. The maximum atomic E-state index is 9.58. The van der Waals surface area contributed by atoms with Crippen LogP contribution in [0.5, 0.6) is 0 Å². The minimum atomic E-state index is -0.877. The minimum absolute atomic E-state index is 0.0833. The second-order valence-corrected chi connectivity index (χ2v) is 4.66. The second-order valence-electron chi connectivity index (χ2n) is 4.66. The van der Waals surface area contributed by atoms with Crippen LogP contribution in [0.3, 0.4) is 0 Å². The summed E-state index contributed by atoms with van der Waals surface area (Å²) in [6, 6.07) is 10.1. The SMILES string of the molecule is NCC(O)c1nc(C2(c3ccccc3)CC2)no1. The molecule has 3 N–H and O–H groups in total. The smallest absolute Gasteiger partial charge is 0.256 e. The fraction of sp³-hybridized carbons (Fsp3) is 0.385. The summed E-state index contributed by atoms with van der Waals surface area (Å²) in [6.07, 6.45) is 1.14. The lowest BCUT2D eigenvalue weighted by molar-refractivity contribution is 0.141. The maximum Gasteiger partial charge on any atom is 0.256 e. The molecule has 1 heterocycles. The van der Waals surface area contributed by atoms with Crippen LogP contribution in [0.2, 0.25) is 0 Å². The topological polar surface area (TPSA) is 85.2 Å². The van der Waals surface area contributed by atoms with E-state index in [-0.39, 0.29) is 17.9 Å². The van der Waals surface area contributed by atoms with Crippen LogP contribution in [-0.2, 0) is 5.41 Å². The van der Waals surface area contributed by atoms with Gasteiger partial charge in [0.1, 0.15) is 6.10 Å². The molecule has 5 nitrogen and oxygen atoms in total. The van der Waals surface area contributed by atoms with Gasteiger partial charge in [-0.3, -0.25) is 0 Å². The van der Waals surface area contributed by atoms with Gasteiger partial charge in [0.25, 0.3) is 5.89 Å². The number of aliphatic hydroxyl groups excluding tert-OH is 1. The molecule has 5 heteroatoms. The Kier molecular flexibility index (Phi) is 2.65. The Hall–Kier alpha value is -1.72. The van der Waals surface area contributed by atoms with Gasteiger partial charge in [0, 0.05) is 6.54 Å². The van der Waals surface area contributed by atoms with Crippen LogP contribution in [0.15, 0.2) is 34.9 Å². The molecule has 0 spiro atoms. The number of benzene rings is 1. The molecule has 1 aliphatic rings. The van der Waals surface area contributed by atoms with Crippen molar-refractivity contribution in [1.82, 2.24) is 10.1 Å². The van der Waals surface area contributed by atoms with Gasteiger partial charge in [0.2, 0.25) is 0 Å². The van der Waals surface area contributed by atoms with Gasteiger partial charge in [-0.15, -0.1) is 0 Å². The van der Waals surface area contributed by atoms with Crippen molar-refractivity contribution in [3.8, 4) is 0 Å². The second kappa shape index (κ2) is 4.19. The van der Waals surface area contributed by atoms with Gasteiger partial charge in [0.15, 0.2) is 5.82 Å². The number of nitrogens with zero attached hydrogens (tertiary/aromatic N) is 2. The molecule has 1 atom stereocenters. The van der Waals surface area contributed by atoms with E-state index in [1.54, 1.807) is 0 Å². The van der Waals surface area contributed by atoms with Gasteiger partial charge in [-0.1, -0.05) is 35.5 Å². The molecular formula is C13H15N3O2. The summed E-state index contributed by atoms with van der Waals surface area (Å²) in [6.45, 7) is 0.0833. The van der Waals surface area contributed by atoms with E-state index in [2.05, 4.69) is 22.3 Å². The Labute approximate surface area is 105 Å². The van der Waals surface area contributed by atoms with Gasteiger partial charge in [-0.25, -0.2) is 0 Å². The van der Waals surface area contributed by atoms with Crippen LogP contribution in [0, 0.1) is 0 Å². The highest BCUT2D eigenvalue weighted by atomic mass is 16.5. The standard InChI is InChI=1S/C13H15N3O2/c14-8-10(17)11-15-12(16-18-11)13(6-7-13)9-4-2-1-3-5-9/h1-5,10,17H,6-8,14H2. The Balaban J connectivity index is 1.93. The average molecular weight is 245 g/mol. The zero-order chi connectivity index (χ0) is 12.6. The average Bonchev–Trinajstić information content (AvgIpc) is 3.10. The highest BCUT2D eigenvalue weighted by molar-refractivity contribution is 5.38. The molecule has 0 radical (unpaired) electrons. The quantitative estimate of drug-likeness (QED) is 0.843. The van der Waals surface area contributed by atoms with Gasteiger partial charge in [-0.05, 0) is 18.4 Å². The summed E-state index contributed by atoms with van der Waals surface area (Å²) in [4.78, 5) is 4.28. The molecule has 0 bridgehead atoms. The van der Waals surface area contributed by atoms with Crippen LogP contribution < -0.4 is 5.73 Å². The summed E-state index contributed by atoms with van der Waals surface area (Å²) in [5.41, 5.74) is 6.44. The first-order valence-corrected chi connectivity index (χ1v) is 6.04. The van der Waals surface area contributed by atoms with E-state index < -0.39 is 6.10 Å². The molecule has 1 aliphatic carbocycles. The normalized spacial score (nSPS) is 18.6. The number of aromatic nitrogens is 2. The summed E-state index contributed by atoms with van der Waals surface area (Å²) >= 11 is 0. The lowest BCUT2D eigenvalue weighted by atomic mass is 9.95. The fourth-order valence-electron chi connectivity index (χ4n) is 2.19. The molecule has 2 aromatic rings. The summed E-state index contributed by atoms with van der Waals surface area (Å²) in [7, 11) is 0. The zero-order valence-corrected chi connectivity index (χ0v) is 9.91. The van der Waals surface area contributed by atoms with Gasteiger partial charge in [0.05, 0.1) is 5.41 Å². The highest BCUT2D eigenvalue weighted by Crippen LogP contribution is 2.52. The van der Waals surface area contributed by atoms with Crippen molar-refractivity contribution < 1.29 is 9.63 Å². The van der Waals surface area contributed by atoms with Gasteiger partial charge < -0.3 is 15.4 Å². The Morgan fingerprint density at radius 2 is 2.06 bits per heavy atom. The third-order valence-electron chi connectivity index (χ3n) is 3.45. The van der Waals surface area contributed by atoms with E-state index in [0.717, 1.165) is 12.8 Å². The van der Waals surface area contributed by atoms with E-state index in [1.807, 2.05) is 18.2 Å². The van der Waals surface area contributed by atoms with Crippen molar-refractivity contribution in [1.29, 1.82) is 0 Å². The molecule has 1 fully saturated rings. The summed E-state index contributed by atoms with van der Waals surface area (Å²) in [5.74, 6) is 0.853. The molecule has 94 valence electrons. The molecular weight excluding hydrogens is 230 g/mol. The lowest BCUT2D eigenvalue weighted by Crippen LogP contribution is -2.13. The molecule has 1 unspecified atom stereocenters. The van der Waals surface area contributed by atoms with E-state index in [9.17, 15) is 5.11 Å². The van der Waals surface area contributed by atoms with Crippen molar-refractivity contribution in [3.63, 3.8) is 0 Å². The Bertz CT molecular complexity index is 534. The lowest BCUT2D eigenvalue weighted by Gasteiger charge is -2.10. The fourth-order valence-corrected chi connectivity index (χ4v) is 2.19. The van der Waals surface area contributed by atoms with Crippen molar-refractivity contribution in [2.24, 2.45) is 5.73 Å². The van der Waals surface area contributed by atoms with Crippen LogP contribution in [-0.4, -0.2) is 21.8 Å². The zero-order valence-electron chi connectivity index (χ0n) is 9.91. The molecule has 3 rings (SSSR count). The number of hydrogen-bond donors (Lipinski definition) is 2. The largest absolute Gasteiger partial charge is 0.382 e. The van der Waals surface area contributed by atoms with Crippen LogP contribution >= 0.6 is 0 Å². The molecule has 0 saturated heterocycles. The van der Waals surface area contributed by atoms with Crippen molar-refractivity contribution in [2.75, 3.05) is 6.54 Å². The first-order valence-electron chi connectivity index (χ1n) is 6.04. The molecule has 1 aromatic heterocycles. The van der Waals surface area contributed by atoms with Crippen molar-refractivity contribution in [2.45, 2.75) is 24.4 Å². The van der Waals surface area contributed by atoms with Crippen LogP contribution in [0.1, 0.15) is 36.2 Å². The Morgan fingerprint density at radius 3 is 2.67 bits per heavy atom. The van der Waals surface area contributed by atoms with E-state index in [0.29, 0.717) is 5.82 Å². The van der Waals surface area contributed by atoms with Crippen molar-refractivity contribution in [3.05, 3.63) is 47.6 Å². The van der Waals surface area contributed by atoms with Crippen molar-refractivity contribution >= 4 is 0 Å². The highest BCUT2D eigenvalue weighted by Gasteiger charge is 2.50. The van der Waals surface area contributed by atoms with E-state index >= 15 is 0 Å². The van der Waals surface area contributed by atoms with Gasteiger partial charge >= 0.3 is 0 Å². The predicted octanol–water partition coefficient (Wildman–Crippen LogP) is 1.14.